The van der Waals surface area contributed by atoms with Gasteiger partial charge in [-0.2, -0.15) is 0 Å². The summed E-state index contributed by atoms with van der Waals surface area (Å²) in [6.07, 6.45) is 7.19. The fourth-order valence-corrected chi connectivity index (χ4v) is 3.74. The molecule has 5 nitrogen and oxygen atoms in total. The number of thioether (sulfide) groups is 1. The monoisotopic (exact) mass is 370 g/mol. The van der Waals surface area contributed by atoms with E-state index in [2.05, 4.69) is 6.92 Å². The van der Waals surface area contributed by atoms with Gasteiger partial charge in [-0.3, -0.25) is 19.3 Å². The Kier molecular flexibility index (Phi) is 5.93. The van der Waals surface area contributed by atoms with E-state index in [1.54, 1.807) is 17.1 Å². The Hall–Kier alpha value is -2.34. The maximum absolute atomic E-state index is 12.4. The summed E-state index contributed by atoms with van der Waals surface area (Å²) in [4.78, 5) is 40.1. The van der Waals surface area contributed by atoms with E-state index < -0.39 is 5.91 Å². The quantitative estimate of drug-likeness (QED) is 0.761. The van der Waals surface area contributed by atoms with Crippen molar-refractivity contribution in [3.05, 3.63) is 53.0 Å². The summed E-state index contributed by atoms with van der Waals surface area (Å²) in [5.74, 6) is 0.0762. The lowest BCUT2D eigenvalue weighted by Gasteiger charge is -2.31. The van der Waals surface area contributed by atoms with Gasteiger partial charge in [0.1, 0.15) is 6.54 Å². The first-order chi connectivity index (χ1) is 12.5. The molecule has 0 saturated carbocycles. The maximum Gasteiger partial charge on any atom is 0.294 e. The average Bonchev–Trinajstić information content (AvgIpc) is 2.91. The predicted molar refractivity (Wildman–Crippen MR) is 103 cm³/mol. The summed E-state index contributed by atoms with van der Waals surface area (Å²) >= 11 is 0.883. The van der Waals surface area contributed by atoms with Crippen molar-refractivity contribution in [3.63, 3.8) is 0 Å². The van der Waals surface area contributed by atoms with E-state index in [-0.39, 0.29) is 17.7 Å². The molecule has 2 aliphatic rings. The van der Waals surface area contributed by atoms with Crippen molar-refractivity contribution in [1.82, 2.24) is 9.80 Å². The Morgan fingerprint density at radius 1 is 1.19 bits per heavy atom. The molecule has 0 N–H and O–H groups in total. The molecule has 136 valence electrons. The molecule has 3 rings (SSSR count). The van der Waals surface area contributed by atoms with E-state index >= 15 is 0 Å². The van der Waals surface area contributed by atoms with E-state index in [0.29, 0.717) is 23.9 Å². The number of amides is 3. The number of carbonyl (C=O) groups excluding carboxylic acids is 3. The smallest absolute Gasteiger partial charge is 0.294 e. The molecule has 0 aromatic heterocycles. The first-order valence-corrected chi connectivity index (χ1v) is 9.61. The van der Waals surface area contributed by atoms with Crippen LogP contribution in [0.3, 0.4) is 0 Å². The molecular formula is C20H22N2O3S. The molecule has 0 bridgehead atoms. The highest BCUT2D eigenvalue weighted by molar-refractivity contribution is 8.18. The van der Waals surface area contributed by atoms with Gasteiger partial charge in [-0.25, -0.2) is 0 Å². The summed E-state index contributed by atoms with van der Waals surface area (Å²) in [6.45, 7) is 3.41. The fourth-order valence-electron chi connectivity index (χ4n) is 2.95. The minimum Gasteiger partial charge on any atom is -0.341 e. The van der Waals surface area contributed by atoms with Gasteiger partial charge in [-0.05, 0) is 42.2 Å². The number of rotatable bonds is 4. The van der Waals surface area contributed by atoms with Crippen molar-refractivity contribution in [3.8, 4) is 0 Å². The lowest BCUT2D eigenvalue weighted by Crippen LogP contribution is -2.45. The SMILES string of the molecule is CC1CCN(C(=O)CN2C(=O)S/C(=C/C=C\c3ccccc3)C2=O)CC1. The van der Waals surface area contributed by atoms with Gasteiger partial charge in [0.05, 0.1) is 4.91 Å². The second-order valence-electron chi connectivity index (χ2n) is 6.62. The summed E-state index contributed by atoms with van der Waals surface area (Å²) in [5.41, 5.74) is 1.01. The number of hydrogen-bond donors (Lipinski definition) is 0. The van der Waals surface area contributed by atoms with E-state index in [1.165, 1.54) is 0 Å². The Balaban J connectivity index is 1.60. The van der Waals surface area contributed by atoms with Crippen molar-refractivity contribution in [2.75, 3.05) is 19.6 Å². The van der Waals surface area contributed by atoms with Crippen LogP contribution in [0.5, 0.6) is 0 Å². The fraction of sp³-hybridized carbons (Fsp3) is 0.350. The van der Waals surface area contributed by atoms with Gasteiger partial charge in [0.25, 0.3) is 11.1 Å². The minimum absolute atomic E-state index is 0.153. The Bertz CT molecular complexity index is 750. The third kappa shape index (κ3) is 4.43. The Morgan fingerprint density at radius 3 is 2.58 bits per heavy atom. The number of carbonyl (C=O) groups is 3. The van der Waals surface area contributed by atoms with Crippen molar-refractivity contribution in [2.45, 2.75) is 19.8 Å². The number of piperidine rings is 1. The Labute approximate surface area is 157 Å². The van der Waals surface area contributed by atoms with Gasteiger partial charge in [0, 0.05) is 13.1 Å². The molecule has 0 radical (unpaired) electrons. The van der Waals surface area contributed by atoms with Crippen LogP contribution in [0.2, 0.25) is 0 Å². The number of likely N-dealkylation sites (tertiary alicyclic amines) is 1. The van der Waals surface area contributed by atoms with E-state index in [9.17, 15) is 14.4 Å². The van der Waals surface area contributed by atoms with Crippen LogP contribution in [0.25, 0.3) is 6.08 Å². The number of hydrogen-bond acceptors (Lipinski definition) is 4. The van der Waals surface area contributed by atoms with Crippen LogP contribution >= 0.6 is 11.8 Å². The molecule has 0 spiro atoms. The highest BCUT2D eigenvalue weighted by Crippen LogP contribution is 2.30. The molecule has 0 aliphatic carbocycles. The normalized spacial score (nSPS) is 20.6. The number of imide groups is 1. The van der Waals surface area contributed by atoms with E-state index in [0.717, 1.165) is 35.1 Å². The minimum atomic E-state index is -0.392. The highest BCUT2D eigenvalue weighted by atomic mass is 32.2. The van der Waals surface area contributed by atoms with Gasteiger partial charge >= 0.3 is 0 Å². The highest BCUT2D eigenvalue weighted by Gasteiger charge is 2.37. The van der Waals surface area contributed by atoms with Crippen LogP contribution in [0.4, 0.5) is 4.79 Å². The lowest BCUT2D eigenvalue weighted by atomic mass is 9.99. The molecule has 2 fully saturated rings. The van der Waals surface area contributed by atoms with Crippen molar-refractivity contribution >= 4 is 34.9 Å². The van der Waals surface area contributed by atoms with E-state index in [4.69, 9.17) is 0 Å². The maximum atomic E-state index is 12.4. The Morgan fingerprint density at radius 2 is 1.88 bits per heavy atom. The summed E-state index contributed by atoms with van der Waals surface area (Å²) in [6, 6.07) is 9.70. The standard InChI is InChI=1S/C20H22N2O3S/c1-15-10-12-21(13-11-15)18(23)14-22-19(24)17(26-20(22)25)9-5-8-16-6-3-2-4-7-16/h2-9,15H,10-14H2,1H3/b8-5-,17-9+. The third-order valence-electron chi connectivity index (χ3n) is 4.64. The summed E-state index contributed by atoms with van der Waals surface area (Å²) in [7, 11) is 0. The zero-order chi connectivity index (χ0) is 18.5. The van der Waals surface area contributed by atoms with Gasteiger partial charge in [-0.15, -0.1) is 0 Å². The van der Waals surface area contributed by atoms with Crippen LogP contribution in [0.1, 0.15) is 25.3 Å². The van der Waals surface area contributed by atoms with Crippen molar-refractivity contribution < 1.29 is 14.4 Å². The number of allylic oxidation sites excluding steroid dienone is 2. The van der Waals surface area contributed by atoms with Gasteiger partial charge in [-0.1, -0.05) is 49.4 Å². The molecule has 2 heterocycles. The van der Waals surface area contributed by atoms with E-state index in [1.807, 2.05) is 36.4 Å². The number of nitrogens with zero attached hydrogens (tertiary/aromatic N) is 2. The van der Waals surface area contributed by atoms with Crippen LogP contribution in [-0.2, 0) is 9.59 Å². The van der Waals surface area contributed by atoms with Crippen LogP contribution in [0.15, 0.2) is 47.4 Å². The molecule has 3 amide bonds. The van der Waals surface area contributed by atoms with Crippen LogP contribution in [-0.4, -0.2) is 46.5 Å². The molecule has 0 unspecified atom stereocenters. The van der Waals surface area contributed by atoms with Crippen LogP contribution in [0, 0.1) is 5.92 Å². The molecular weight excluding hydrogens is 348 g/mol. The zero-order valence-electron chi connectivity index (χ0n) is 14.8. The molecule has 2 saturated heterocycles. The first-order valence-electron chi connectivity index (χ1n) is 8.79. The van der Waals surface area contributed by atoms with Crippen LogP contribution < -0.4 is 0 Å². The third-order valence-corrected chi connectivity index (χ3v) is 5.56. The second kappa shape index (κ2) is 8.36. The lowest BCUT2D eigenvalue weighted by molar-refractivity contribution is -0.136. The van der Waals surface area contributed by atoms with Gasteiger partial charge in [0.2, 0.25) is 5.91 Å². The first kappa shape index (κ1) is 18.5. The molecule has 0 atom stereocenters. The van der Waals surface area contributed by atoms with Crippen molar-refractivity contribution in [1.29, 1.82) is 0 Å². The van der Waals surface area contributed by atoms with Gasteiger partial charge in [0.15, 0.2) is 0 Å². The van der Waals surface area contributed by atoms with Crippen molar-refractivity contribution in [2.24, 2.45) is 5.92 Å². The largest absolute Gasteiger partial charge is 0.341 e. The summed E-state index contributed by atoms with van der Waals surface area (Å²) in [5, 5.41) is -0.381. The summed E-state index contributed by atoms with van der Waals surface area (Å²) < 4.78 is 0. The molecule has 26 heavy (non-hydrogen) atoms. The topological polar surface area (TPSA) is 57.7 Å². The number of benzene rings is 1. The predicted octanol–water partition coefficient (Wildman–Crippen LogP) is 3.54. The second-order valence-corrected chi connectivity index (χ2v) is 7.62. The molecule has 2 aliphatic heterocycles. The zero-order valence-corrected chi connectivity index (χ0v) is 15.6. The molecule has 6 heteroatoms. The molecule has 1 aromatic rings. The van der Waals surface area contributed by atoms with Gasteiger partial charge < -0.3 is 4.90 Å². The molecule has 1 aromatic carbocycles. The average molecular weight is 370 g/mol.